The summed E-state index contributed by atoms with van der Waals surface area (Å²) in [4.78, 5) is 37.9. The summed E-state index contributed by atoms with van der Waals surface area (Å²) >= 11 is 0. The first-order valence-electron chi connectivity index (χ1n) is 24.6. The molecule has 0 fully saturated rings. The van der Waals surface area contributed by atoms with E-state index >= 15 is 0 Å². The molecule has 0 aliphatic rings. The van der Waals surface area contributed by atoms with Gasteiger partial charge in [-0.2, -0.15) is 0 Å². The van der Waals surface area contributed by atoms with E-state index in [2.05, 4.69) is 136 Å². The lowest BCUT2D eigenvalue weighted by Crippen LogP contribution is -2.30. The zero-order chi connectivity index (χ0) is 45.1. The van der Waals surface area contributed by atoms with Crippen LogP contribution in [0.3, 0.4) is 0 Å². The molecule has 348 valence electrons. The number of unbranched alkanes of at least 4 members (excludes halogenated alkanes) is 13. The summed E-state index contributed by atoms with van der Waals surface area (Å²) < 4.78 is 16.7. The zero-order valence-corrected chi connectivity index (χ0v) is 39.6. The molecular formula is C56H88O6. The third-order valence-electron chi connectivity index (χ3n) is 9.74. The van der Waals surface area contributed by atoms with E-state index in [0.29, 0.717) is 12.8 Å². The summed E-state index contributed by atoms with van der Waals surface area (Å²) in [5.41, 5.74) is 0. The van der Waals surface area contributed by atoms with Gasteiger partial charge in [0.25, 0.3) is 0 Å². The third kappa shape index (κ3) is 46.9. The molecule has 0 heterocycles. The van der Waals surface area contributed by atoms with Crippen LogP contribution in [0.2, 0.25) is 0 Å². The predicted octanol–water partition coefficient (Wildman–Crippen LogP) is 16.1. The van der Waals surface area contributed by atoms with Crippen molar-refractivity contribution in [3.63, 3.8) is 0 Å². The second-order valence-electron chi connectivity index (χ2n) is 15.7. The second kappa shape index (κ2) is 49.5. The van der Waals surface area contributed by atoms with E-state index in [0.717, 1.165) is 122 Å². The highest BCUT2D eigenvalue weighted by Gasteiger charge is 2.19. The molecule has 0 aliphatic carbocycles. The van der Waals surface area contributed by atoms with Gasteiger partial charge in [0, 0.05) is 19.3 Å². The molecule has 0 aromatic carbocycles. The molecule has 0 bridgehead atoms. The van der Waals surface area contributed by atoms with Crippen molar-refractivity contribution in [1.82, 2.24) is 0 Å². The van der Waals surface area contributed by atoms with Crippen molar-refractivity contribution >= 4 is 17.9 Å². The first-order chi connectivity index (χ1) is 30.5. The number of hydrogen-bond acceptors (Lipinski definition) is 6. The molecule has 0 aliphatic heterocycles. The van der Waals surface area contributed by atoms with Gasteiger partial charge in [0.1, 0.15) is 13.2 Å². The fraction of sp³-hybridized carbons (Fsp3) is 0.589. The van der Waals surface area contributed by atoms with Crippen molar-refractivity contribution in [3.8, 4) is 0 Å². The Balaban J connectivity index is 4.56. The first kappa shape index (κ1) is 57.8. The molecule has 0 aromatic rings. The molecule has 0 rings (SSSR count). The fourth-order valence-electron chi connectivity index (χ4n) is 6.09. The van der Waals surface area contributed by atoms with Gasteiger partial charge in [0.2, 0.25) is 0 Å². The third-order valence-corrected chi connectivity index (χ3v) is 9.74. The number of esters is 3. The zero-order valence-electron chi connectivity index (χ0n) is 39.6. The van der Waals surface area contributed by atoms with Gasteiger partial charge >= 0.3 is 17.9 Å². The van der Waals surface area contributed by atoms with Crippen LogP contribution in [0.15, 0.2) is 122 Å². The van der Waals surface area contributed by atoms with Gasteiger partial charge in [-0.05, 0) is 109 Å². The number of hydrogen-bond donors (Lipinski definition) is 0. The van der Waals surface area contributed by atoms with Crippen molar-refractivity contribution < 1.29 is 28.6 Å². The quantitative estimate of drug-likeness (QED) is 0.0200. The molecule has 1 unspecified atom stereocenters. The maximum Gasteiger partial charge on any atom is 0.306 e. The minimum Gasteiger partial charge on any atom is -0.462 e. The largest absolute Gasteiger partial charge is 0.462 e. The summed E-state index contributed by atoms with van der Waals surface area (Å²) in [6.07, 6.45) is 67.6. The lowest BCUT2D eigenvalue weighted by molar-refractivity contribution is -0.167. The summed E-state index contributed by atoms with van der Waals surface area (Å²) in [5.74, 6) is -1.03. The van der Waals surface area contributed by atoms with Crippen LogP contribution in [0.4, 0.5) is 0 Å². The molecule has 1 atom stereocenters. The van der Waals surface area contributed by atoms with E-state index in [4.69, 9.17) is 14.2 Å². The van der Waals surface area contributed by atoms with E-state index in [9.17, 15) is 14.4 Å². The smallest absolute Gasteiger partial charge is 0.306 e. The Bertz CT molecular complexity index is 1350. The molecule has 6 heteroatoms. The van der Waals surface area contributed by atoms with Crippen molar-refractivity contribution in [2.75, 3.05) is 13.2 Å². The average molecular weight is 857 g/mol. The molecule has 6 nitrogen and oxygen atoms in total. The Morgan fingerprint density at radius 3 is 1.23 bits per heavy atom. The van der Waals surface area contributed by atoms with E-state index in [-0.39, 0.29) is 44.0 Å². The van der Waals surface area contributed by atoms with E-state index in [1.165, 1.54) is 25.7 Å². The predicted molar refractivity (Wildman–Crippen MR) is 265 cm³/mol. The molecular weight excluding hydrogens is 769 g/mol. The van der Waals surface area contributed by atoms with Gasteiger partial charge < -0.3 is 14.2 Å². The van der Waals surface area contributed by atoms with Crippen LogP contribution in [0.5, 0.6) is 0 Å². The van der Waals surface area contributed by atoms with Crippen molar-refractivity contribution in [2.24, 2.45) is 0 Å². The maximum absolute atomic E-state index is 12.8. The minimum atomic E-state index is -0.823. The van der Waals surface area contributed by atoms with Gasteiger partial charge in [-0.1, -0.05) is 187 Å². The molecule has 0 radical (unpaired) electrons. The SMILES string of the molecule is CC\C=C/C=C\C=C/CCCCCCCC(=O)OCC(COC(=O)CCC/C=C\C/C=C\C/C=C\C/C=C\CCCCC)OC(=O)CCCCCC/C=C\C/C=C\C/C=C\CC. The highest BCUT2D eigenvalue weighted by atomic mass is 16.6. The van der Waals surface area contributed by atoms with Crippen molar-refractivity contribution in [2.45, 2.75) is 200 Å². The number of rotatable bonds is 42. The highest BCUT2D eigenvalue weighted by molar-refractivity contribution is 5.71. The molecule has 0 saturated carbocycles. The number of allylic oxidation sites excluding steroid dienone is 20. The number of carbonyl (C=O) groups is 3. The number of carbonyl (C=O) groups excluding carboxylic acids is 3. The minimum absolute atomic E-state index is 0.119. The Kier molecular flexibility index (Phi) is 46.1. The second-order valence-corrected chi connectivity index (χ2v) is 15.7. The molecule has 62 heavy (non-hydrogen) atoms. The maximum atomic E-state index is 12.8. The molecule has 0 N–H and O–H groups in total. The first-order valence-corrected chi connectivity index (χ1v) is 24.6. The summed E-state index contributed by atoms with van der Waals surface area (Å²) in [7, 11) is 0. The number of ether oxygens (including phenoxy) is 3. The summed E-state index contributed by atoms with van der Waals surface area (Å²) in [6.45, 7) is 6.25. The van der Waals surface area contributed by atoms with Gasteiger partial charge in [-0.25, -0.2) is 0 Å². The van der Waals surface area contributed by atoms with Crippen LogP contribution in [0.1, 0.15) is 194 Å². The van der Waals surface area contributed by atoms with Gasteiger partial charge in [-0.15, -0.1) is 0 Å². The topological polar surface area (TPSA) is 78.9 Å². The highest BCUT2D eigenvalue weighted by Crippen LogP contribution is 2.12. The standard InChI is InChI=1S/C56H88O6/c1-4-7-10-13-16-19-22-25-27-28-29-32-34-37-40-43-46-49-55(58)61-52-53(51-60-54(57)48-45-42-39-36-33-30-24-21-18-15-12-9-6-3)62-56(59)50-47-44-41-38-35-31-26-23-20-17-14-11-8-5-2/h8-9,11-12,15-21,24-27,29,31-32,37,40,53H,4-7,10,13-14,22-23,28,30,33-36,38-39,41-52H2,1-3H3/b11-8-,12-9-,18-15-,19-16-,20-17-,24-21-,27-25-,31-26-,32-29-,40-37-. The average Bonchev–Trinajstić information content (AvgIpc) is 3.27. The monoisotopic (exact) mass is 857 g/mol. The summed E-state index contributed by atoms with van der Waals surface area (Å²) in [5, 5.41) is 0. The Labute approximate surface area is 380 Å². The van der Waals surface area contributed by atoms with E-state index in [1.807, 2.05) is 6.08 Å². The van der Waals surface area contributed by atoms with Gasteiger partial charge in [0.15, 0.2) is 6.10 Å². The molecule has 0 amide bonds. The molecule has 0 spiro atoms. The van der Waals surface area contributed by atoms with Crippen LogP contribution >= 0.6 is 0 Å². The Morgan fingerprint density at radius 1 is 0.355 bits per heavy atom. The Hall–Kier alpha value is -4.19. The van der Waals surface area contributed by atoms with Gasteiger partial charge in [-0.3, -0.25) is 14.4 Å². The van der Waals surface area contributed by atoms with Crippen LogP contribution < -0.4 is 0 Å². The van der Waals surface area contributed by atoms with Crippen molar-refractivity contribution in [1.29, 1.82) is 0 Å². The van der Waals surface area contributed by atoms with E-state index < -0.39 is 6.10 Å². The summed E-state index contributed by atoms with van der Waals surface area (Å²) in [6, 6.07) is 0. The van der Waals surface area contributed by atoms with Crippen LogP contribution in [0.25, 0.3) is 0 Å². The fourth-order valence-corrected chi connectivity index (χ4v) is 6.09. The van der Waals surface area contributed by atoms with Crippen LogP contribution in [-0.2, 0) is 28.6 Å². The normalized spacial score (nSPS) is 13.1. The molecule has 0 saturated heterocycles. The lowest BCUT2D eigenvalue weighted by atomic mass is 10.1. The van der Waals surface area contributed by atoms with E-state index in [1.54, 1.807) is 0 Å². The van der Waals surface area contributed by atoms with Crippen molar-refractivity contribution in [3.05, 3.63) is 122 Å². The van der Waals surface area contributed by atoms with Gasteiger partial charge in [0.05, 0.1) is 0 Å². The van der Waals surface area contributed by atoms with Crippen LogP contribution in [0, 0.1) is 0 Å². The Morgan fingerprint density at radius 2 is 0.726 bits per heavy atom. The van der Waals surface area contributed by atoms with Crippen LogP contribution in [-0.4, -0.2) is 37.2 Å². The molecule has 0 aromatic heterocycles. The lowest BCUT2D eigenvalue weighted by Gasteiger charge is -2.18.